The Hall–Kier alpha value is -1.93. The van der Waals surface area contributed by atoms with Gasteiger partial charge in [0.1, 0.15) is 0 Å². The van der Waals surface area contributed by atoms with Gasteiger partial charge in [-0.1, -0.05) is 33.3 Å². The molecule has 4 aliphatic rings. The van der Waals surface area contributed by atoms with Gasteiger partial charge in [-0.05, 0) is 82.0 Å². The summed E-state index contributed by atoms with van der Waals surface area (Å²) in [6.07, 6.45) is 1.07. The van der Waals surface area contributed by atoms with Crippen molar-refractivity contribution < 1.29 is 38.1 Å². The van der Waals surface area contributed by atoms with Gasteiger partial charge in [0.25, 0.3) is 0 Å². The molecule has 11 atom stereocenters. The van der Waals surface area contributed by atoms with E-state index in [0.717, 1.165) is 19.3 Å². The van der Waals surface area contributed by atoms with Crippen LogP contribution < -0.4 is 0 Å². The highest BCUT2D eigenvalue weighted by atomic mass is 16.7. The van der Waals surface area contributed by atoms with Crippen LogP contribution >= 0.6 is 0 Å². The van der Waals surface area contributed by atoms with Crippen LogP contribution in [0.15, 0.2) is 11.6 Å². The van der Waals surface area contributed by atoms with Crippen molar-refractivity contribution in [3.8, 4) is 0 Å². The van der Waals surface area contributed by atoms with E-state index in [1.165, 1.54) is 20.3 Å². The quantitative estimate of drug-likeness (QED) is 0.268. The van der Waals surface area contributed by atoms with Gasteiger partial charge in [-0.15, -0.1) is 0 Å². The van der Waals surface area contributed by atoms with Crippen LogP contribution in [0.2, 0.25) is 0 Å². The zero-order valence-electron chi connectivity index (χ0n) is 24.4. The van der Waals surface area contributed by atoms with Crippen molar-refractivity contribution >= 4 is 17.9 Å². The van der Waals surface area contributed by atoms with Crippen molar-refractivity contribution in [3.05, 3.63) is 11.6 Å². The zero-order valence-corrected chi connectivity index (χ0v) is 24.4. The van der Waals surface area contributed by atoms with Gasteiger partial charge in [-0.3, -0.25) is 9.59 Å². The first-order chi connectivity index (χ1) is 17.7. The Balaban J connectivity index is 1.66. The molecule has 214 valence electrons. The second-order valence-corrected chi connectivity index (χ2v) is 12.9. The van der Waals surface area contributed by atoms with Crippen LogP contribution in [0.25, 0.3) is 0 Å². The summed E-state index contributed by atoms with van der Waals surface area (Å²) in [5, 5.41) is 0. The maximum absolute atomic E-state index is 12.9. The molecule has 3 saturated carbocycles. The normalized spacial score (nSPS) is 43.8. The van der Waals surface area contributed by atoms with Crippen molar-refractivity contribution in [3.63, 3.8) is 0 Å². The molecule has 1 saturated heterocycles. The molecule has 0 N–H and O–H groups in total. The number of hydrogen-bond acceptors (Lipinski definition) is 8. The monoisotopic (exact) mass is 534 g/mol. The molecule has 38 heavy (non-hydrogen) atoms. The SMILES string of the molecule is C/C=C(/C)C(=O)O[C@H]1[C@@H](OC(C)=O)[C@@H](C)O[C@@H](O[C@]2(C)CC[C@@H]3[C@H]([C@@H]4[C@H](C)CC[C@@H]42)C3(C)C)[C@@H]1OC(C)=O. The van der Waals surface area contributed by atoms with Crippen LogP contribution in [-0.4, -0.2) is 54.2 Å². The van der Waals surface area contributed by atoms with E-state index in [4.69, 9.17) is 23.7 Å². The fourth-order valence-electron chi connectivity index (χ4n) is 7.89. The number of fused-ring (bicyclic) bond motifs is 3. The Morgan fingerprint density at radius 1 is 0.842 bits per heavy atom. The average Bonchev–Trinajstić information content (AvgIpc) is 3.20. The van der Waals surface area contributed by atoms with Gasteiger partial charge in [0.05, 0.1) is 11.7 Å². The third kappa shape index (κ3) is 5.27. The van der Waals surface area contributed by atoms with Gasteiger partial charge in [-0.25, -0.2) is 4.79 Å². The average molecular weight is 535 g/mol. The molecule has 0 radical (unpaired) electrons. The minimum absolute atomic E-state index is 0.351. The summed E-state index contributed by atoms with van der Waals surface area (Å²) in [7, 11) is 0. The van der Waals surface area contributed by atoms with E-state index in [1.807, 2.05) is 0 Å². The van der Waals surface area contributed by atoms with Crippen molar-refractivity contribution in [1.82, 2.24) is 0 Å². The molecule has 0 amide bonds. The maximum Gasteiger partial charge on any atom is 0.333 e. The Labute approximate surface area is 227 Å². The molecule has 1 aliphatic heterocycles. The van der Waals surface area contributed by atoms with Gasteiger partial charge >= 0.3 is 17.9 Å². The second kappa shape index (κ2) is 10.6. The lowest BCUT2D eigenvalue weighted by molar-refractivity contribution is -0.330. The number of carbonyl (C=O) groups excluding carboxylic acids is 3. The Morgan fingerprint density at radius 2 is 1.47 bits per heavy atom. The fraction of sp³-hybridized carbons (Fsp3) is 0.833. The van der Waals surface area contributed by atoms with Gasteiger partial charge in [0.2, 0.25) is 0 Å². The lowest BCUT2D eigenvalue weighted by Crippen LogP contribution is -2.63. The largest absolute Gasteiger partial charge is 0.456 e. The highest BCUT2D eigenvalue weighted by molar-refractivity contribution is 5.87. The Kier molecular flexibility index (Phi) is 8.08. The first kappa shape index (κ1) is 29.1. The smallest absolute Gasteiger partial charge is 0.333 e. The van der Waals surface area contributed by atoms with Crippen LogP contribution in [0.3, 0.4) is 0 Å². The van der Waals surface area contributed by atoms with Crippen LogP contribution in [-0.2, 0) is 38.1 Å². The molecule has 0 spiro atoms. The summed E-state index contributed by atoms with van der Waals surface area (Å²) in [6, 6.07) is 0. The van der Waals surface area contributed by atoms with Crippen LogP contribution in [0.1, 0.15) is 88.0 Å². The molecule has 4 rings (SSSR count). The van der Waals surface area contributed by atoms with Crippen LogP contribution in [0.4, 0.5) is 0 Å². The third-order valence-corrected chi connectivity index (χ3v) is 10.1. The molecule has 0 unspecified atom stereocenters. The number of allylic oxidation sites excluding steroid dienone is 1. The molecule has 1 heterocycles. The summed E-state index contributed by atoms with van der Waals surface area (Å²) in [6.45, 7) is 17.0. The molecule has 0 aromatic heterocycles. The highest BCUT2D eigenvalue weighted by Gasteiger charge is 2.67. The van der Waals surface area contributed by atoms with Crippen molar-refractivity contribution in [2.24, 2.45) is 35.0 Å². The standard InChI is InChI=1S/C30H46O8/c1-10-15(2)27(33)37-25-24(35-18(5)31)17(4)34-28(26(25)36-19(6)32)38-30(9)14-13-21-23(29(21,7)8)22-16(3)11-12-20(22)30/h10,16-17,20-26,28H,11-14H2,1-9H3/b15-10-/t16-,17-,20+,21-,22-,23-,24+,25+,26-,28+,30-/m1/s1. The van der Waals surface area contributed by atoms with Crippen molar-refractivity contribution in [1.29, 1.82) is 0 Å². The molecule has 8 nitrogen and oxygen atoms in total. The van der Waals surface area contributed by atoms with E-state index in [9.17, 15) is 14.4 Å². The van der Waals surface area contributed by atoms with Crippen molar-refractivity contribution in [2.75, 3.05) is 0 Å². The van der Waals surface area contributed by atoms with E-state index in [1.54, 1.807) is 26.8 Å². The minimum Gasteiger partial charge on any atom is -0.456 e. The molecule has 8 heteroatoms. The number of ether oxygens (including phenoxy) is 5. The Bertz CT molecular complexity index is 971. The summed E-state index contributed by atoms with van der Waals surface area (Å²) < 4.78 is 30.3. The molecular formula is C30H46O8. The number of rotatable bonds is 6. The minimum atomic E-state index is -1.09. The van der Waals surface area contributed by atoms with E-state index in [2.05, 4.69) is 27.7 Å². The van der Waals surface area contributed by atoms with Crippen molar-refractivity contribution in [2.45, 2.75) is 124 Å². The number of esters is 3. The Morgan fingerprint density at radius 3 is 2.08 bits per heavy atom. The first-order valence-corrected chi connectivity index (χ1v) is 14.2. The summed E-state index contributed by atoms with van der Waals surface area (Å²) in [5.41, 5.74) is 0.259. The van der Waals surface area contributed by atoms with Gasteiger partial charge in [0, 0.05) is 19.4 Å². The molecule has 0 aromatic carbocycles. The second-order valence-electron chi connectivity index (χ2n) is 12.9. The molecule has 0 aromatic rings. The summed E-state index contributed by atoms with van der Waals surface area (Å²) in [4.78, 5) is 37.1. The molecule has 3 aliphatic carbocycles. The van der Waals surface area contributed by atoms with E-state index < -0.39 is 54.2 Å². The number of hydrogen-bond donors (Lipinski definition) is 0. The van der Waals surface area contributed by atoms with E-state index in [-0.39, 0.29) is 0 Å². The van der Waals surface area contributed by atoms with Crippen LogP contribution in [0, 0.1) is 35.0 Å². The third-order valence-electron chi connectivity index (χ3n) is 10.1. The predicted octanol–water partition coefficient (Wildman–Crippen LogP) is 4.98. The first-order valence-electron chi connectivity index (χ1n) is 14.2. The molecule has 4 fully saturated rings. The zero-order chi connectivity index (χ0) is 28.2. The lowest BCUT2D eigenvalue weighted by Gasteiger charge is -2.48. The number of carbonyl (C=O) groups is 3. The fourth-order valence-corrected chi connectivity index (χ4v) is 7.89. The highest BCUT2D eigenvalue weighted by Crippen LogP contribution is 2.71. The van der Waals surface area contributed by atoms with E-state index in [0.29, 0.717) is 40.6 Å². The van der Waals surface area contributed by atoms with Gasteiger partial charge < -0.3 is 23.7 Å². The summed E-state index contributed by atoms with van der Waals surface area (Å²) >= 11 is 0. The van der Waals surface area contributed by atoms with E-state index >= 15 is 0 Å². The predicted molar refractivity (Wildman–Crippen MR) is 140 cm³/mol. The molecular weight excluding hydrogens is 488 g/mol. The van der Waals surface area contributed by atoms with Gasteiger partial charge in [-0.2, -0.15) is 0 Å². The maximum atomic E-state index is 12.9. The lowest BCUT2D eigenvalue weighted by atomic mass is 9.74. The van der Waals surface area contributed by atoms with Crippen LogP contribution in [0.5, 0.6) is 0 Å². The molecule has 0 bridgehead atoms. The summed E-state index contributed by atoms with van der Waals surface area (Å²) in [5.74, 6) is 1.23. The topological polar surface area (TPSA) is 97.4 Å². The van der Waals surface area contributed by atoms with Gasteiger partial charge in [0.15, 0.2) is 24.6 Å².